The van der Waals surface area contributed by atoms with Gasteiger partial charge in [-0.15, -0.1) is 12.4 Å². The monoisotopic (exact) mass is 396 g/mol. The second-order valence-corrected chi connectivity index (χ2v) is 6.44. The number of anilines is 2. The van der Waals surface area contributed by atoms with E-state index in [2.05, 4.69) is 9.80 Å². The molecule has 1 fully saturated rings. The molecule has 1 aliphatic heterocycles. The van der Waals surface area contributed by atoms with Gasteiger partial charge >= 0.3 is 0 Å². The molecule has 22 heavy (non-hydrogen) atoms. The van der Waals surface area contributed by atoms with Crippen LogP contribution in [0.5, 0.6) is 0 Å². The zero-order chi connectivity index (χ0) is 15.0. The number of rotatable bonds is 2. The Bertz CT molecular complexity index is 579. The standard InChI is InChI=1S/C15H12Cl4N2.ClH/c16-10-3-1-4-11(17)14(10)20-7-8-21(9-20)15-12(18)5-2-6-13(15)19;/h1-6H,7-9H2;1H. The van der Waals surface area contributed by atoms with E-state index in [1.54, 1.807) is 0 Å². The Hall–Kier alpha value is -0.510. The van der Waals surface area contributed by atoms with Crippen LogP contribution < -0.4 is 9.80 Å². The lowest BCUT2D eigenvalue weighted by atomic mass is 10.3. The van der Waals surface area contributed by atoms with Crippen molar-refractivity contribution in [1.29, 1.82) is 0 Å². The lowest BCUT2D eigenvalue weighted by Gasteiger charge is -2.24. The smallest absolute Gasteiger partial charge is 0.0906 e. The molecule has 1 heterocycles. The fourth-order valence-electron chi connectivity index (χ4n) is 2.54. The van der Waals surface area contributed by atoms with Crippen molar-refractivity contribution < 1.29 is 0 Å². The molecule has 118 valence electrons. The average Bonchev–Trinajstić information content (AvgIpc) is 2.87. The molecule has 2 aromatic rings. The fourth-order valence-corrected chi connectivity index (χ4v) is 3.81. The van der Waals surface area contributed by atoms with Crippen molar-refractivity contribution in [2.24, 2.45) is 0 Å². The topological polar surface area (TPSA) is 6.48 Å². The van der Waals surface area contributed by atoms with Crippen LogP contribution in [0, 0.1) is 0 Å². The summed E-state index contributed by atoms with van der Waals surface area (Å²) in [5.41, 5.74) is 1.71. The molecule has 3 rings (SSSR count). The van der Waals surface area contributed by atoms with Crippen LogP contribution >= 0.6 is 58.8 Å². The molecule has 1 saturated heterocycles. The second-order valence-electron chi connectivity index (χ2n) is 4.81. The highest BCUT2D eigenvalue weighted by Crippen LogP contribution is 2.38. The van der Waals surface area contributed by atoms with Crippen molar-refractivity contribution >= 4 is 70.2 Å². The molecule has 0 N–H and O–H groups in total. The molecule has 0 bridgehead atoms. The minimum atomic E-state index is 0. The molecular formula is C15H13Cl5N2. The van der Waals surface area contributed by atoms with E-state index in [1.807, 2.05) is 36.4 Å². The Morgan fingerprint density at radius 3 is 1.27 bits per heavy atom. The highest BCUT2D eigenvalue weighted by Gasteiger charge is 2.26. The number of benzene rings is 2. The maximum atomic E-state index is 6.27. The highest BCUT2D eigenvalue weighted by atomic mass is 35.5. The van der Waals surface area contributed by atoms with E-state index in [-0.39, 0.29) is 12.4 Å². The first-order chi connectivity index (χ1) is 10.1. The Labute approximate surface area is 155 Å². The summed E-state index contributed by atoms with van der Waals surface area (Å²) in [6.45, 7) is 2.27. The Kier molecular flexibility index (Phi) is 5.98. The second kappa shape index (κ2) is 7.37. The van der Waals surface area contributed by atoms with Gasteiger partial charge in [0.15, 0.2) is 0 Å². The zero-order valence-corrected chi connectivity index (χ0v) is 15.2. The largest absolute Gasteiger partial charge is 0.350 e. The van der Waals surface area contributed by atoms with Crippen LogP contribution in [0.4, 0.5) is 11.4 Å². The van der Waals surface area contributed by atoms with Gasteiger partial charge in [-0.2, -0.15) is 0 Å². The van der Waals surface area contributed by atoms with Gasteiger partial charge in [-0.25, -0.2) is 0 Å². The summed E-state index contributed by atoms with van der Waals surface area (Å²) in [6.07, 6.45) is 0. The zero-order valence-electron chi connectivity index (χ0n) is 11.4. The Morgan fingerprint density at radius 2 is 0.955 bits per heavy atom. The molecule has 7 heteroatoms. The number of hydrogen-bond acceptors (Lipinski definition) is 2. The van der Waals surface area contributed by atoms with Crippen molar-refractivity contribution in [3.63, 3.8) is 0 Å². The van der Waals surface area contributed by atoms with Gasteiger partial charge in [0.1, 0.15) is 0 Å². The first-order valence-electron chi connectivity index (χ1n) is 6.46. The minimum Gasteiger partial charge on any atom is -0.350 e. The summed E-state index contributed by atoms with van der Waals surface area (Å²) >= 11 is 25.1. The van der Waals surface area contributed by atoms with E-state index in [0.717, 1.165) is 24.5 Å². The van der Waals surface area contributed by atoms with Crippen LogP contribution in [-0.4, -0.2) is 19.8 Å². The molecule has 0 spiro atoms. The first-order valence-corrected chi connectivity index (χ1v) is 7.97. The third kappa shape index (κ3) is 3.37. The normalized spacial score (nSPS) is 14.2. The Morgan fingerprint density at radius 1 is 0.636 bits per heavy atom. The van der Waals surface area contributed by atoms with Crippen LogP contribution in [0.1, 0.15) is 0 Å². The molecule has 0 unspecified atom stereocenters. The van der Waals surface area contributed by atoms with Crippen LogP contribution in [0.25, 0.3) is 0 Å². The minimum absolute atomic E-state index is 0. The molecule has 2 nitrogen and oxygen atoms in total. The molecule has 0 aliphatic carbocycles. The predicted octanol–water partition coefficient (Wildman–Crippen LogP) is 6.01. The van der Waals surface area contributed by atoms with Gasteiger partial charge in [-0.1, -0.05) is 58.5 Å². The maximum Gasteiger partial charge on any atom is 0.0906 e. The number of halogens is 5. The van der Waals surface area contributed by atoms with Gasteiger partial charge in [0.05, 0.1) is 38.1 Å². The molecule has 0 aromatic heterocycles. The van der Waals surface area contributed by atoms with Crippen molar-refractivity contribution in [3.8, 4) is 0 Å². The number of hydrogen-bond donors (Lipinski definition) is 0. The van der Waals surface area contributed by atoms with Gasteiger partial charge in [-0.3, -0.25) is 0 Å². The fraction of sp³-hybridized carbons (Fsp3) is 0.200. The Balaban J connectivity index is 0.00000176. The lowest BCUT2D eigenvalue weighted by molar-refractivity contribution is 0.950. The van der Waals surface area contributed by atoms with E-state index in [4.69, 9.17) is 46.4 Å². The third-order valence-corrected chi connectivity index (χ3v) is 4.71. The van der Waals surface area contributed by atoms with Gasteiger partial charge in [0.25, 0.3) is 0 Å². The van der Waals surface area contributed by atoms with Gasteiger partial charge in [0.2, 0.25) is 0 Å². The summed E-state index contributed by atoms with van der Waals surface area (Å²) in [4.78, 5) is 4.26. The summed E-state index contributed by atoms with van der Waals surface area (Å²) in [5, 5.41) is 2.59. The predicted molar refractivity (Wildman–Crippen MR) is 99.7 cm³/mol. The van der Waals surface area contributed by atoms with Crippen LogP contribution in [0.2, 0.25) is 20.1 Å². The molecule has 1 aliphatic rings. The molecule has 0 amide bonds. The molecule has 0 saturated carbocycles. The van der Waals surface area contributed by atoms with E-state index in [1.165, 1.54) is 0 Å². The van der Waals surface area contributed by atoms with Gasteiger partial charge in [0, 0.05) is 13.1 Å². The average molecular weight is 399 g/mol. The summed E-state index contributed by atoms with van der Waals surface area (Å²) in [6, 6.07) is 11.0. The van der Waals surface area contributed by atoms with Crippen LogP contribution in [-0.2, 0) is 0 Å². The molecule has 0 radical (unpaired) electrons. The van der Waals surface area contributed by atoms with E-state index in [0.29, 0.717) is 26.8 Å². The van der Waals surface area contributed by atoms with Crippen LogP contribution in [0.15, 0.2) is 36.4 Å². The lowest BCUT2D eigenvalue weighted by Crippen LogP contribution is -2.25. The van der Waals surface area contributed by atoms with E-state index >= 15 is 0 Å². The molecule has 0 atom stereocenters. The van der Waals surface area contributed by atoms with Crippen molar-refractivity contribution in [1.82, 2.24) is 0 Å². The number of para-hydroxylation sites is 2. The third-order valence-electron chi connectivity index (χ3n) is 3.49. The SMILES string of the molecule is Cl.Clc1cccc(Cl)c1N1CCN(c2c(Cl)cccc2Cl)C1. The van der Waals surface area contributed by atoms with E-state index < -0.39 is 0 Å². The van der Waals surface area contributed by atoms with Crippen LogP contribution in [0.3, 0.4) is 0 Å². The molecule has 2 aromatic carbocycles. The van der Waals surface area contributed by atoms with Crippen molar-refractivity contribution in [3.05, 3.63) is 56.5 Å². The van der Waals surface area contributed by atoms with E-state index in [9.17, 15) is 0 Å². The quantitative estimate of drug-likeness (QED) is 0.612. The first kappa shape index (κ1) is 17.8. The van der Waals surface area contributed by atoms with Gasteiger partial charge in [-0.05, 0) is 24.3 Å². The number of nitrogens with zero attached hydrogens (tertiary/aromatic N) is 2. The highest BCUT2D eigenvalue weighted by molar-refractivity contribution is 6.40. The summed E-state index contributed by atoms with van der Waals surface area (Å²) in [7, 11) is 0. The molecular weight excluding hydrogens is 385 g/mol. The summed E-state index contributed by atoms with van der Waals surface area (Å²) < 4.78 is 0. The van der Waals surface area contributed by atoms with Crippen molar-refractivity contribution in [2.75, 3.05) is 29.6 Å². The van der Waals surface area contributed by atoms with Gasteiger partial charge < -0.3 is 9.80 Å². The van der Waals surface area contributed by atoms with Crippen molar-refractivity contribution in [2.45, 2.75) is 0 Å². The summed E-state index contributed by atoms with van der Waals surface area (Å²) in [5.74, 6) is 0. The maximum absolute atomic E-state index is 6.27.